The van der Waals surface area contributed by atoms with Crippen LogP contribution in [0, 0.1) is 11.6 Å². The molecule has 2 aromatic heterocycles. The van der Waals surface area contributed by atoms with E-state index in [2.05, 4.69) is 19.8 Å². The number of nitrogens with zero attached hydrogens (tertiary/aromatic N) is 6. The highest BCUT2D eigenvalue weighted by atomic mass is 32.1. The molecule has 0 radical (unpaired) electrons. The van der Waals surface area contributed by atoms with Crippen LogP contribution in [0.4, 0.5) is 14.7 Å². The Morgan fingerprint density at radius 2 is 1.74 bits per heavy atom. The number of aromatic nitrogens is 3. The van der Waals surface area contributed by atoms with Gasteiger partial charge in [0.2, 0.25) is 11.9 Å². The molecule has 2 fully saturated rings. The van der Waals surface area contributed by atoms with Crippen molar-refractivity contribution in [1.82, 2.24) is 24.8 Å². The number of thiazole rings is 1. The first-order valence-corrected chi connectivity index (χ1v) is 12.4. The van der Waals surface area contributed by atoms with Crippen molar-refractivity contribution < 1.29 is 13.6 Å². The van der Waals surface area contributed by atoms with Crippen LogP contribution >= 0.6 is 11.3 Å². The van der Waals surface area contributed by atoms with Gasteiger partial charge in [-0.1, -0.05) is 0 Å². The number of hydrogen-bond donors (Lipinski definition) is 0. The quantitative estimate of drug-likeness (QED) is 0.570. The van der Waals surface area contributed by atoms with Crippen molar-refractivity contribution in [2.75, 3.05) is 31.1 Å². The predicted molar refractivity (Wildman–Crippen MR) is 124 cm³/mol. The van der Waals surface area contributed by atoms with E-state index in [1.807, 2.05) is 4.90 Å². The van der Waals surface area contributed by atoms with Crippen molar-refractivity contribution in [2.45, 2.75) is 37.9 Å². The van der Waals surface area contributed by atoms with Crippen LogP contribution in [0.15, 0.2) is 36.7 Å². The van der Waals surface area contributed by atoms with Crippen molar-refractivity contribution >= 4 is 23.2 Å². The second kappa shape index (κ2) is 8.66. The largest absolute Gasteiger partial charge is 0.336 e. The summed E-state index contributed by atoms with van der Waals surface area (Å²) in [4.78, 5) is 33.7. The Morgan fingerprint density at radius 1 is 1.03 bits per heavy atom. The first-order chi connectivity index (χ1) is 16.5. The molecule has 2 saturated heterocycles. The Hall–Kier alpha value is -2.98. The van der Waals surface area contributed by atoms with E-state index in [4.69, 9.17) is 4.98 Å². The fourth-order valence-corrected chi connectivity index (χ4v) is 6.43. The van der Waals surface area contributed by atoms with Crippen LogP contribution in [-0.4, -0.2) is 68.9 Å². The van der Waals surface area contributed by atoms with Gasteiger partial charge >= 0.3 is 0 Å². The van der Waals surface area contributed by atoms with E-state index >= 15 is 0 Å². The summed E-state index contributed by atoms with van der Waals surface area (Å²) in [5.74, 6) is 0.0101. The third kappa shape index (κ3) is 4.05. The number of benzene rings is 1. The van der Waals surface area contributed by atoms with E-state index in [0.29, 0.717) is 25.6 Å². The van der Waals surface area contributed by atoms with Gasteiger partial charge in [0.1, 0.15) is 10.8 Å². The summed E-state index contributed by atoms with van der Waals surface area (Å²) in [6.07, 6.45) is 5.21. The van der Waals surface area contributed by atoms with Crippen LogP contribution in [0.3, 0.4) is 0 Å². The molecule has 7 nitrogen and oxygen atoms in total. The molecule has 3 aromatic rings. The summed E-state index contributed by atoms with van der Waals surface area (Å²) in [6, 6.07) is 6.86. The minimum atomic E-state index is -0.434. The molecule has 10 heteroatoms. The van der Waals surface area contributed by atoms with Gasteiger partial charge in [-0.25, -0.2) is 23.7 Å². The van der Waals surface area contributed by atoms with Crippen molar-refractivity contribution in [3.63, 3.8) is 0 Å². The highest BCUT2D eigenvalue weighted by Gasteiger charge is 2.42. The van der Waals surface area contributed by atoms with Crippen LogP contribution in [-0.2, 0) is 17.8 Å². The fraction of sp³-hybridized carbons (Fsp3) is 0.417. The molecule has 6 rings (SSSR count). The number of carbonyl (C=O) groups excluding carboxylic acids is 1. The zero-order valence-electron chi connectivity index (χ0n) is 18.5. The maximum absolute atomic E-state index is 13.2. The van der Waals surface area contributed by atoms with Crippen molar-refractivity contribution in [1.29, 1.82) is 0 Å². The smallest absolute Gasteiger partial charge is 0.237 e. The molecule has 0 spiro atoms. The summed E-state index contributed by atoms with van der Waals surface area (Å²) < 4.78 is 26.5. The molecule has 0 saturated carbocycles. The van der Waals surface area contributed by atoms with Crippen molar-refractivity contribution in [3.8, 4) is 10.6 Å². The normalized spacial score (nSPS) is 22.2. The minimum Gasteiger partial charge on any atom is -0.336 e. The molecule has 2 atom stereocenters. The summed E-state index contributed by atoms with van der Waals surface area (Å²) in [6.45, 7) is 3.18. The monoisotopic (exact) mass is 482 g/mol. The van der Waals surface area contributed by atoms with E-state index in [1.165, 1.54) is 24.5 Å². The highest BCUT2D eigenvalue weighted by Crippen LogP contribution is 2.34. The number of carbonyl (C=O) groups is 1. The summed E-state index contributed by atoms with van der Waals surface area (Å²) >= 11 is 1.58. The van der Waals surface area contributed by atoms with E-state index in [0.717, 1.165) is 53.5 Å². The topological polar surface area (TPSA) is 65.5 Å². The molecule has 176 valence electrons. The fourth-order valence-electron chi connectivity index (χ4n) is 5.30. The first kappa shape index (κ1) is 21.5. The standard InChI is InChI=1S/C24H24F2N6OS/c25-16-3-1-15(2-4-16)23-29-20-7-8-31(13-21(20)34-23)22(33)14-30-11-18-5-6-19(12-30)32(18)24-27-9-17(26)10-28-24/h1-4,9-10,18-19H,5-8,11-14H2. The SMILES string of the molecule is O=C(CN1CC2CCC(C1)N2c1ncc(F)cn1)N1CCc2nc(-c3ccc(F)cc3)sc2C1. The van der Waals surface area contributed by atoms with E-state index in [-0.39, 0.29) is 23.8 Å². The van der Waals surface area contributed by atoms with E-state index in [1.54, 1.807) is 23.5 Å². The Morgan fingerprint density at radius 3 is 2.44 bits per heavy atom. The number of rotatable bonds is 4. The molecule has 2 unspecified atom stereocenters. The molecule has 34 heavy (non-hydrogen) atoms. The second-order valence-electron chi connectivity index (χ2n) is 9.15. The number of likely N-dealkylation sites (tertiary alicyclic amines) is 1. The van der Waals surface area contributed by atoms with Gasteiger partial charge in [0.25, 0.3) is 0 Å². The average molecular weight is 483 g/mol. The summed E-state index contributed by atoms with van der Waals surface area (Å²) in [7, 11) is 0. The maximum Gasteiger partial charge on any atom is 0.237 e. The molecular formula is C24H24F2N6OS. The van der Waals surface area contributed by atoms with Crippen LogP contribution < -0.4 is 4.90 Å². The molecule has 2 bridgehead atoms. The molecule has 1 amide bonds. The average Bonchev–Trinajstić information content (AvgIpc) is 3.38. The van der Waals surface area contributed by atoms with Gasteiger partial charge in [-0.15, -0.1) is 11.3 Å². The molecular weight excluding hydrogens is 458 g/mol. The third-order valence-electron chi connectivity index (χ3n) is 6.93. The number of fused-ring (bicyclic) bond motifs is 3. The van der Waals surface area contributed by atoms with Gasteiger partial charge in [0, 0.05) is 48.6 Å². The Bertz CT molecular complexity index is 1190. The van der Waals surface area contributed by atoms with Gasteiger partial charge in [-0.2, -0.15) is 0 Å². The molecule has 0 N–H and O–H groups in total. The lowest BCUT2D eigenvalue weighted by Crippen LogP contribution is -2.56. The van der Waals surface area contributed by atoms with E-state index in [9.17, 15) is 13.6 Å². The van der Waals surface area contributed by atoms with E-state index < -0.39 is 5.82 Å². The molecule has 1 aromatic carbocycles. The van der Waals surface area contributed by atoms with Crippen LogP contribution in [0.5, 0.6) is 0 Å². The van der Waals surface area contributed by atoms with Gasteiger partial charge < -0.3 is 9.80 Å². The lowest BCUT2D eigenvalue weighted by atomic mass is 10.1. The first-order valence-electron chi connectivity index (χ1n) is 11.5. The number of hydrogen-bond acceptors (Lipinski definition) is 7. The second-order valence-corrected chi connectivity index (χ2v) is 10.2. The lowest BCUT2D eigenvalue weighted by molar-refractivity contribution is -0.133. The number of piperazine rings is 1. The molecule has 3 aliphatic heterocycles. The minimum absolute atomic E-state index is 0.133. The number of amides is 1. The summed E-state index contributed by atoms with van der Waals surface area (Å²) in [5, 5.41) is 0.870. The number of anilines is 1. The Labute approximate surface area is 200 Å². The molecule has 5 heterocycles. The third-order valence-corrected chi connectivity index (χ3v) is 8.06. The van der Waals surface area contributed by atoms with Gasteiger partial charge in [-0.05, 0) is 37.1 Å². The maximum atomic E-state index is 13.2. The molecule has 3 aliphatic rings. The zero-order chi connectivity index (χ0) is 23.2. The predicted octanol–water partition coefficient (Wildman–Crippen LogP) is 3.12. The summed E-state index contributed by atoms with van der Waals surface area (Å²) in [5.41, 5.74) is 1.94. The van der Waals surface area contributed by atoms with Crippen LogP contribution in [0.25, 0.3) is 10.6 Å². The van der Waals surface area contributed by atoms with Gasteiger partial charge in [0.15, 0.2) is 5.82 Å². The van der Waals surface area contributed by atoms with Crippen LogP contribution in [0.1, 0.15) is 23.4 Å². The Balaban J connectivity index is 1.09. The van der Waals surface area contributed by atoms with Crippen molar-refractivity contribution in [2.24, 2.45) is 0 Å². The Kier molecular flexibility index (Phi) is 5.49. The van der Waals surface area contributed by atoms with Gasteiger partial charge in [-0.3, -0.25) is 9.69 Å². The highest BCUT2D eigenvalue weighted by molar-refractivity contribution is 7.15. The van der Waals surface area contributed by atoms with Crippen molar-refractivity contribution in [3.05, 3.63) is 58.9 Å². The number of halogens is 2. The zero-order valence-corrected chi connectivity index (χ0v) is 19.3. The van der Waals surface area contributed by atoms with Crippen LogP contribution in [0.2, 0.25) is 0 Å². The lowest BCUT2D eigenvalue weighted by Gasteiger charge is -2.41. The van der Waals surface area contributed by atoms with Gasteiger partial charge in [0.05, 0.1) is 31.2 Å². The molecule has 0 aliphatic carbocycles.